The summed E-state index contributed by atoms with van der Waals surface area (Å²) in [4.78, 5) is 10.1. The van der Waals surface area contributed by atoms with Crippen LogP contribution >= 0.6 is 0 Å². The van der Waals surface area contributed by atoms with E-state index in [2.05, 4.69) is 0 Å². The number of nitro groups is 1. The van der Waals surface area contributed by atoms with Crippen LogP contribution in [0.1, 0.15) is 5.56 Å². The number of aliphatic hydroxyl groups excluding tert-OH is 4. The van der Waals surface area contributed by atoms with Crippen LogP contribution in [0.5, 0.6) is 0 Å². The number of nitrogens with zero attached hydrogens (tertiary/aromatic N) is 1. The van der Waals surface area contributed by atoms with Gasteiger partial charge in [-0.15, -0.1) is 0 Å². The first-order valence-electron chi connectivity index (χ1n) is 6.48. The molecule has 1 fully saturated rings. The number of non-ortho nitro benzene ring substituents is 1. The average Bonchev–Trinajstić information content (AvgIpc) is 2.48. The molecular weight excluding hydrogens is 282 g/mol. The Balaban J connectivity index is 2.08. The van der Waals surface area contributed by atoms with Gasteiger partial charge < -0.3 is 25.2 Å². The van der Waals surface area contributed by atoms with Gasteiger partial charge >= 0.3 is 0 Å². The Morgan fingerprint density at radius 3 is 2.14 bits per heavy atom. The Morgan fingerprint density at radius 2 is 1.62 bits per heavy atom. The summed E-state index contributed by atoms with van der Waals surface area (Å²) in [5, 5.41) is 48.9. The highest BCUT2D eigenvalue weighted by Crippen LogP contribution is 2.24. The first-order chi connectivity index (χ1) is 9.93. The number of nitro benzene ring substituents is 1. The first-order valence-corrected chi connectivity index (χ1v) is 6.48. The van der Waals surface area contributed by atoms with Gasteiger partial charge in [-0.25, -0.2) is 0 Å². The van der Waals surface area contributed by atoms with Crippen LogP contribution in [0.4, 0.5) is 5.69 Å². The number of aliphatic hydroxyl groups is 4. The molecule has 0 amide bonds. The highest BCUT2D eigenvalue weighted by atomic mass is 16.6. The Morgan fingerprint density at radius 1 is 1.05 bits per heavy atom. The molecule has 116 valence electrons. The smallest absolute Gasteiger partial charge is 0.269 e. The van der Waals surface area contributed by atoms with Crippen molar-refractivity contribution in [3.05, 3.63) is 39.9 Å². The molecule has 1 heterocycles. The van der Waals surface area contributed by atoms with Crippen molar-refractivity contribution < 1.29 is 30.1 Å². The summed E-state index contributed by atoms with van der Waals surface area (Å²) < 4.78 is 5.37. The molecule has 4 N–H and O–H groups in total. The van der Waals surface area contributed by atoms with Crippen molar-refractivity contribution in [3.8, 4) is 0 Å². The van der Waals surface area contributed by atoms with E-state index in [-0.39, 0.29) is 12.1 Å². The quantitative estimate of drug-likeness (QED) is 0.413. The van der Waals surface area contributed by atoms with E-state index in [1.54, 1.807) is 0 Å². The third kappa shape index (κ3) is 3.36. The molecular formula is C13H17NO7. The summed E-state index contributed by atoms with van der Waals surface area (Å²) in [6, 6.07) is 5.72. The average molecular weight is 299 g/mol. The fraction of sp³-hybridized carbons (Fsp3) is 0.538. The highest BCUT2D eigenvalue weighted by Gasteiger charge is 2.43. The zero-order valence-corrected chi connectivity index (χ0v) is 11.1. The summed E-state index contributed by atoms with van der Waals surface area (Å²) in [6.45, 7) is -0.484. The molecule has 2 rings (SSSR count). The minimum atomic E-state index is -1.42. The lowest BCUT2D eigenvalue weighted by atomic mass is 9.91. The largest absolute Gasteiger partial charge is 0.394 e. The SMILES string of the molecule is O=[N+]([O-])c1ccc(C[C@@H]2O[C@H](CO)[C@H](O)[C@H](O)[C@H]2O)cc1. The van der Waals surface area contributed by atoms with Gasteiger partial charge in [0, 0.05) is 18.6 Å². The van der Waals surface area contributed by atoms with Gasteiger partial charge in [0.05, 0.1) is 17.6 Å². The number of benzene rings is 1. The number of ether oxygens (including phenoxy) is 1. The van der Waals surface area contributed by atoms with E-state index < -0.39 is 42.1 Å². The molecule has 1 aromatic carbocycles. The molecule has 1 aliphatic rings. The molecule has 1 aromatic rings. The molecule has 0 bridgehead atoms. The fourth-order valence-corrected chi connectivity index (χ4v) is 2.33. The van der Waals surface area contributed by atoms with Gasteiger partial charge in [-0.2, -0.15) is 0 Å². The van der Waals surface area contributed by atoms with Crippen molar-refractivity contribution >= 4 is 5.69 Å². The van der Waals surface area contributed by atoms with Crippen LogP contribution in [-0.4, -0.2) is 62.5 Å². The number of hydrogen-bond acceptors (Lipinski definition) is 7. The predicted molar refractivity (Wildman–Crippen MR) is 70.6 cm³/mol. The van der Waals surface area contributed by atoms with Crippen molar-refractivity contribution in [2.24, 2.45) is 0 Å². The monoisotopic (exact) mass is 299 g/mol. The highest BCUT2D eigenvalue weighted by molar-refractivity contribution is 5.33. The molecule has 21 heavy (non-hydrogen) atoms. The lowest BCUT2D eigenvalue weighted by Gasteiger charge is -2.40. The van der Waals surface area contributed by atoms with Crippen LogP contribution in [0.15, 0.2) is 24.3 Å². The van der Waals surface area contributed by atoms with Gasteiger partial charge in [0.25, 0.3) is 5.69 Å². The van der Waals surface area contributed by atoms with E-state index in [9.17, 15) is 25.4 Å². The second-order valence-corrected chi connectivity index (χ2v) is 5.00. The van der Waals surface area contributed by atoms with Gasteiger partial charge in [-0.05, 0) is 5.56 Å². The third-order valence-corrected chi connectivity index (χ3v) is 3.58. The number of rotatable bonds is 4. The van der Waals surface area contributed by atoms with E-state index in [1.807, 2.05) is 0 Å². The normalized spacial score (nSPS) is 32.9. The Labute approximate surface area is 120 Å². The van der Waals surface area contributed by atoms with E-state index in [4.69, 9.17) is 9.84 Å². The van der Waals surface area contributed by atoms with Crippen molar-refractivity contribution in [3.63, 3.8) is 0 Å². The summed E-state index contributed by atoms with van der Waals surface area (Å²) in [5.74, 6) is 0. The first kappa shape index (κ1) is 15.8. The molecule has 1 saturated heterocycles. The molecule has 0 aliphatic carbocycles. The molecule has 0 aromatic heterocycles. The zero-order chi connectivity index (χ0) is 15.6. The maximum atomic E-state index is 10.6. The maximum absolute atomic E-state index is 10.6. The summed E-state index contributed by atoms with van der Waals surface area (Å²) in [5.41, 5.74) is 0.623. The van der Waals surface area contributed by atoms with Gasteiger partial charge in [-0.3, -0.25) is 10.1 Å². The Kier molecular flexibility index (Phi) is 4.86. The molecule has 0 radical (unpaired) electrons. The minimum absolute atomic E-state index is 0.0486. The molecule has 0 saturated carbocycles. The second kappa shape index (κ2) is 6.46. The maximum Gasteiger partial charge on any atom is 0.269 e. The second-order valence-electron chi connectivity index (χ2n) is 5.00. The Bertz CT molecular complexity index is 490. The number of hydrogen-bond donors (Lipinski definition) is 4. The van der Waals surface area contributed by atoms with E-state index in [0.717, 1.165) is 0 Å². The van der Waals surface area contributed by atoms with Crippen molar-refractivity contribution in [2.75, 3.05) is 6.61 Å². The third-order valence-electron chi connectivity index (χ3n) is 3.58. The van der Waals surface area contributed by atoms with Crippen LogP contribution in [0.25, 0.3) is 0 Å². The summed E-state index contributed by atoms with van der Waals surface area (Å²) >= 11 is 0. The minimum Gasteiger partial charge on any atom is -0.394 e. The lowest BCUT2D eigenvalue weighted by Crippen LogP contribution is -2.58. The van der Waals surface area contributed by atoms with Crippen molar-refractivity contribution in [1.29, 1.82) is 0 Å². The fourth-order valence-electron chi connectivity index (χ4n) is 2.33. The molecule has 1 aliphatic heterocycles. The molecule has 0 unspecified atom stereocenters. The van der Waals surface area contributed by atoms with Crippen molar-refractivity contribution in [1.82, 2.24) is 0 Å². The standard InChI is InChI=1S/C13H17NO7/c15-6-10-12(17)13(18)11(16)9(21-10)5-7-1-3-8(4-2-7)14(19)20/h1-4,9-13,15-18H,5-6H2/t9-,10+,11-,12-,13+/m0/s1. The topological polar surface area (TPSA) is 133 Å². The van der Waals surface area contributed by atoms with Crippen LogP contribution in [-0.2, 0) is 11.2 Å². The van der Waals surface area contributed by atoms with E-state index in [1.165, 1.54) is 24.3 Å². The van der Waals surface area contributed by atoms with Crippen molar-refractivity contribution in [2.45, 2.75) is 36.9 Å². The zero-order valence-electron chi connectivity index (χ0n) is 11.1. The van der Waals surface area contributed by atoms with E-state index >= 15 is 0 Å². The van der Waals surface area contributed by atoms with Crippen LogP contribution in [0, 0.1) is 10.1 Å². The van der Waals surface area contributed by atoms with Crippen LogP contribution in [0.2, 0.25) is 0 Å². The van der Waals surface area contributed by atoms with Gasteiger partial charge in [0.2, 0.25) is 0 Å². The molecule has 5 atom stereocenters. The summed E-state index contributed by atoms with van der Waals surface area (Å²) in [7, 11) is 0. The van der Waals surface area contributed by atoms with Crippen LogP contribution in [0.3, 0.4) is 0 Å². The lowest BCUT2D eigenvalue weighted by molar-refractivity contribution is -0.384. The molecule has 8 heteroatoms. The summed E-state index contributed by atoms with van der Waals surface area (Å²) in [6.07, 6.45) is -5.69. The molecule has 8 nitrogen and oxygen atoms in total. The van der Waals surface area contributed by atoms with E-state index in [0.29, 0.717) is 5.56 Å². The van der Waals surface area contributed by atoms with Gasteiger partial charge in [0.15, 0.2) is 0 Å². The van der Waals surface area contributed by atoms with Gasteiger partial charge in [-0.1, -0.05) is 12.1 Å². The van der Waals surface area contributed by atoms with Gasteiger partial charge in [0.1, 0.15) is 24.4 Å². The Hall–Kier alpha value is -1.58. The molecule has 0 spiro atoms. The predicted octanol–water partition coefficient (Wildman–Crippen LogP) is -1.02. The van der Waals surface area contributed by atoms with Crippen LogP contribution < -0.4 is 0 Å².